The number of hydrogen-bond acceptors (Lipinski definition) is 4. The molecule has 0 spiro atoms. The summed E-state index contributed by atoms with van der Waals surface area (Å²) in [5, 5.41) is 6.70. The molecule has 0 fully saturated rings. The molecule has 1 atom stereocenters. The predicted octanol–water partition coefficient (Wildman–Crippen LogP) is 2.83. The van der Waals surface area contributed by atoms with E-state index in [-0.39, 0.29) is 17.7 Å². The van der Waals surface area contributed by atoms with Crippen molar-refractivity contribution >= 4 is 23.2 Å². The maximum atomic E-state index is 12.5. The number of amides is 2. The number of aryl methyl sites for hydroxylation is 2. The van der Waals surface area contributed by atoms with E-state index in [1.807, 2.05) is 45.9 Å². The molecule has 0 radical (unpaired) electrons. The Morgan fingerprint density at radius 2 is 1.92 bits per heavy atom. The van der Waals surface area contributed by atoms with Crippen LogP contribution in [0.3, 0.4) is 0 Å². The summed E-state index contributed by atoms with van der Waals surface area (Å²) < 4.78 is 0. The van der Waals surface area contributed by atoms with Gasteiger partial charge in [0.2, 0.25) is 5.91 Å². The van der Waals surface area contributed by atoms with Crippen LogP contribution in [0.1, 0.15) is 39.7 Å². The zero-order valence-corrected chi connectivity index (χ0v) is 15.2. The van der Waals surface area contributed by atoms with E-state index in [9.17, 15) is 9.59 Å². The second-order valence-electron chi connectivity index (χ2n) is 6.07. The largest absolute Gasteiger partial charge is 0.349 e. The Hall–Kier alpha value is -2.21. The summed E-state index contributed by atoms with van der Waals surface area (Å²) in [6.07, 6.45) is 1.76. The summed E-state index contributed by atoms with van der Waals surface area (Å²) in [5.74, 6) is -0.422. The highest BCUT2D eigenvalue weighted by Gasteiger charge is 2.25. The highest BCUT2D eigenvalue weighted by molar-refractivity contribution is 7.11. The Balaban J connectivity index is 2.01. The van der Waals surface area contributed by atoms with Crippen LogP contribution in [0.5, 0.6) is 0 Å². The van der Waals surface area contributed by atoms with Crippen LogP contribution in [0.4, 0.5) is 0 Å². The first-order valence-corrected chi connectivity index (χ1v) is 8.75. The van der Waals surface area contributed by atoms with Gasteiger partial charge in [-0.3, -0.25) is 9.59 Å². The minimum atomic E-state index is -0.578. The normalized spacial score (nSPS) is 12.0. The lowest BCUT2D eigenvalue weighted by Gasteiger charge is -2.22. The van der Waals surface area contributed by atoms with Crippen molar-refractivity contribution in [1.29, 1.82) is 0 Å². The van der Waals surface area contributed by atoms with Crippen LogP contribution >= 0.6 is 11.3 Å². The van der Waals surface area contributed by atoms with Crippen molar-refractivity contribution in [3.05, 3.63) is 51.5 Å². The number of nitrogens with one attached hydrogen (secondary N) is 2. The fourth-order valence-electron chi connectivity index (χ4n) is 2.35. The molecule has 0 aliphatic heterocycles. The van der Waals surface area contributed by atoms with E-state index in [1.165, 1.54) is 0 Å². The Labute approximate surface area is 146 Å². The number of benzene rings is 1. The summed E-state index contributed by atoms with van der Waals surface area (Å²) in [4.78, 5) is 30.1. The van der Waals surface area contributed by atoms with Crippen LogP contribution < -0.4 is 10.6 Å². The third-order valence-electron chi connectivity index (χ3n) is 3.73. The summed E-state index contributed by atoms with van der Waals surface area (Å²) in [7, 11) is 0. The molecule has 24 heavy (non-hydrogen) atoms. The van der Waals surface area contributed by atoms with E-state index in [0.29, 0.717) is 12.1 Å². The maximum absolute atomic E-state index is 12.5. The smallest absolute Gasteiger partial charge is 0.252 e. The molecule has 0 aliphatic carbocycles. The van der Waals surface area contributed by atoms with Crippen molar-refractivity contribution in [3.63, 3.8) is 0 Å². The molecule has 6 heteroatoms. The zero-order chi connectivity index (χ0) is 17.7. The molecule has 0 saturated carbocycles. The number of carbonyl (C=O) groups is 2. The molecule has 2 aromatic rings. The minimum absolute atomic E-state index is 0.0128. The molecular formula is C18H23N3O2S. The van der Waals surface area contributed by atoms with Crippen LogP contribution in [0.2, 0.25) is 0 Å². The predicted molar refractivity (Wildman–Crippen MR) is 96.0 cm³/mol. The first kappa shape index (κ1) is 18.1. The maximum Gasteiger partial charge on any atom is 0.252 e. The molecule has 1 aromatic heterocycles. The van der Waals surface area contributed by atoms with Gasteiger partial charge in [0.1, 0.15) is 6.04 Å². The van der Waals surface area contributed by atoms with Crippen LogP contribution in [0.25, 0.3) is 0 Å². The lowest BCUT2D eigenvalue weighted by Crippen LogP contribution is -2.49. The monoisotopic (exact) mass is 345 g/mol. The number of carbonyl (C=O) groups excluding carboxylic acids is 2. The van der Waals surface area contributed by atoms with Crippen molar-refractivity contribution in [3.8, 4) is 0 Å². The van der Waals surface area contributed by atoms with Gasteiger partial charge in [-0.25, -0.2) is 4.98 Å². The van der Waals surface area contributed by atoms with E-state index >= 15 is 0 Å². The van der Waals surface area contributed by atoms with Crippen molar-refractivity contribution in [2.24, 2.45) is 5.92 Å². The summed E-state index contributed by atoms with van der Waals surface area (Å²) in [6, 6.07) is 6.77. The van der Waals surface area contributed by atoms with Gasteiger partial charge in [0.25, 0.3) is 5.91 Å². The quantitative estimate of drug-likeness (QED) is 0.846. The molecule has 128 valence electrons. The molecule has 0 saturated heterocycles. The number of aromatic nitrogens is 1. The van der Waals surface area contributed by atoms with Crippen LogP contribution in [-0.4, -0.2) is 22.8 Å². The lowest BCUT2D eigenvalue weighted by molar-refractivity contribution is -0.124. The molecule has 2 N–H and O–H groups in total. The van der Waals surface area contributed by atoms with Gasteiger partial charge < -0.3 is 10.6 Å². The Morgan fingerprint density at radius 3 is 2.50 bits per heavy atom. The second kappa shape index (κ2) is 8.06. The number of hydrogen-bond donors (Lipinski definition) is 2. The van der Waals surface area contributed by atoms with Crippen molar-refractivity contribution in [2.75, 3.05) is 0 Å². The summed E-state index contributed by atoms with van der Waals surface area (Å²) in [6.45, 7) is 8.06. The van der Waals surface area contributed by atoms with Gasteiger partial charge in [-0.2, -0.15) is 0 Å². The second-order valence-corrected chi connectivity index (χ2v) is 7.39. The fourth-order valence-corrected chi connectivity index (χ4v) is 3.09. The third-order valence-corrected chi connectivity index (χ3v) is 4.64. The average molecular weight is 345 g/mol. The Kier molecular flexibility index (Phi) is 6.09. The highest BCUT2D eigenvalue weighted by Crippen LogP contribution is 2.12. The summed E-state index contributed by atoms with van der Waals surface area (Å²) >= 11 is 1.55. The molecule has 5 nitrogen and oxygen atoms in total. The topological polar surface area (TPSA) is 71.1 Å². The van der Waals surface area contributed by atoms with Gasteiger partial charge in [-0.05, 0) is 31.4 Å². The molecular weight excluding hydrogens is 322 g/mol. The first-order valence-electron chi connectivity index (χ1n) is 7.94. The average Bonchev–Trinajstić information content (AvgIpc) is 2.95. The first-order chi connectivity index (χ1) is 11.4. The molecule has 0 bridgehead atoms. The molecule has 2 amide bonds. The van der Waals surface area contributed by atoms with Gasteiger partial charge in [0.15, 0.2) is 0 Å². The van der Waals surface area contributed by atoms with Gasteiger partial charge in [-0.15, -0.1) is 11.3 Å². The standard InChI is InChI=1S/C18H23N3O2S/c1-11(2)16(18(23)20-10-14-9-19-13(4)24-14)21-17(22)15-8-6-5-7-12(15)3/h5-9,11,16H,10H2,1-4H3,(H,20,23)(H,21,22). The molecule has 1 heterocycles. The van der Waals surface area contributed by atoms with E-state index in [1.54, 1.807) is 23.6 Å². The summed E-state index contributed by atoms with van der Waals surface area (Å²) in [5.41, 5.74) is 1.48. The lowest BCUT2D eigenvalue weighted by atomic mass is 10.0. The minimum Gasteiger partial charge on any atom is -0.349 e. The van der Waals surface area contributed by atoms with Crippen LogP contribution in [-0.2, 0) is 11.3 Å². The Bertz CT molecular complexity index is 725. The van der Waals surface area contributed by atoms with E-state index in [2.05, 4.69) is 15.6 Å². The van der Waals surface area contributed by atoms with Crippen molar-refractivity contribution < 1.29 is 9.59 Å². The van der Waals surface area contributed by atoms with Gasteiger partial charge in [0.05, 0.1) is 11.6 Å². The molecule has 1 unspecified atom stereocenters. The fraction of sp³-hybridized carbons (Fsp3) is 0.389. The number of thiazole rings is 1. The van der Waals surface area contributed by atoms with Gasteiger partial charge >= 0.3 is 0 Å². The number of nitrogens with zero attached hydrogens (tertiary/aromatic N) is 1. The zero-order valence-electron chi connectivity index (χ0n) is 14.4. The van der Waals surface area contributed by atoms with Gasteiger partial charge in [0, 0.05) is 16.6 Å². The van der Waals surface area contributed by atoms with Crippen LogP contribution in [0, 0.1) is 19.8 Å². The van der Waals surface area contributed by atoms with E-state index in [4.69, 9.17) is 0 Å². The van der Waals surface area contributed by atoms with Crippen LogP contribution in [0.15, 0.2) is 30.5 Å². The molecule has 2 rings (SSSR count). The third kappa shape index (κ3) is 4.64. The number of rotatable bonds is 6. The van der Waals surface area contributed by atoms with Gasteiger partial charge in [-0.1, -0.05) is 32.0 Å². The van der Waals surface area contributed by atoms with E-state index < -0.39 is 6.04 Å². The van der Waals surface area contributed by atoms with Crippen molar-refractivity contribution in [2.45, 2.75) is 40.3 Å². The molecule has 1 aromatic carbocycles. The van der Waals surface area contributed by atoms with Crippen molar-refractivity contribution in [1.82, 2.24) is 15.6 Å². The Morgan fingerprint density at radius 1 is 1.21 bits per heavy atom. The SMILES string of the molecule is Cc1ncc(CNC(=O)C(NC(=O)c2ccccc2C)C(C)C)s1. The molecule has 0 aliphatic rings. The van der Waals surface area contributed by atoms with E-state index in [0.717, 1.165) is 15.4 Å². The highest BCUT2D eigenvalue weighted by atomic mass is 32.1.